The van der Waals surface area contributed by atoms with E-state index >= 15 is 0 Å². The third-order valence-corrected chi connectivity index (χ3v) is 2.96. The van der Waals surface area contributed by atoms with E-state index in [1.165, 1.54) is 0 Å². The minimum atomic E-state index is 0. The first kappa shape index (κ1) is 19.9. The zero-order chi connectivity index (χ0) is 13.8. The molecule has 20 heavy (non-hydrogen) atoms. The lowest BCUT2D eigenvalue weighted by atomic mass is 10.1. The van der Waals surface area contributed by atoms with Crippen LogP contribution in [0.1, 0.15) is 19.3 Å². The third-order valence-electron chi connectivity index (χ3n) is 2.96. The summed E-state index contributed by atoms with van der Waals surface area (Å²) in [6.45, 7) is 4.74. The lowest BCUT2D eigenvalue weighted by molar-refractivity contribution is -0.0320. The zero-order valence-electron chi connectivity index (χ0n) is 12.5. The maximum Gasteiger partial charge on any atom is 0.191 e. The van der Waals surface area contributed by atoms with Crippen molar-refractivity contribution in [3.63, 3.8) is 0 Å². The smallest absolute Gasteiger partial charge is 0.191 e. The summed E-state index contributed by atoms with van der Waals surface area (Å²) in [5.74, 6) is 0.808. The molecule has 1 heterocycles. The second-order valence-electron chi connectivity index (χ2n) is 4.45. The van der Waals surface area contributed by atoms with E-state index in [1.54, 1.807) is 14.2 Å². The molecule has 0 bridgehead atoms. The molecule has 0 radical (unpaired) electrons. The van der Waals surface area contributed by atoms with E-state index in [0.717, 1.165) is 58.1 Å². The van der Waals surface area contributed by atoms with E-state index in [9.17, 15) is 0 Å². The summed E-state index contributed by atoms with van der Waals surface area (Å²) in [4.78, 5) is 4.13. The molecule has 1 aliphatic rings. The van der Waals surface area contributed by atoms with Crippen LogP contribution >= 0.6 is 24.0 Å². The topological polar surface area (TPSA) is 64.1 Å². The van der Waals surface area contributed by atoms with Crippen molar-refractivity contribution in [3.05, 3.63) is 0 Å². The van der Waals surface area contributed by atoms with Gasteiger partial charge in [0, 0.05) is 47.1 Å². The van der Waals surface area contributed by atoms with Crippen molar-refractivity contribution < 1.29 is 14.2 Å². The Morgan fingerprint density at radius 1 is 1.20 bits per heavy atom. The first-order chi connectivity index (χ1) is 9.36. The van der Waals surface area contributed by atoms with E-state index in [2.05, 4.69) is 15.6 Å². The highest BCUT2D eigenvalue weighted by atomic mass is 127. The van der Waals surface area contributed by atoms with Crippen LogP contribution in [0.4, 0.5) is 0 Å². The van der Waals surface area contributed by atoms with Crippen LogP contribution in [0.15, 0.2) is 4.99 Å². The van der Waals surface area contributed by atoms with Crippen molar-refractivity contribution in [3.8, 4) is 0 Å². The molecule has 0 amide bonds. The molecule has 0 spiro atoms. The number of rotatable bonds is 8. The summed E-state index contributed by atoms with van der Waals surface area (Å²) >= 11 is 0. The Morgan fingerprint density at radius 2 is 1.90 bits per heavy atom. The van der Waals surface area contributed by atoms with Crippen LogP contribution in [0.25, 0.3) is 0 Å². The van der Waals surface area contributed by atoms with E-state index in [4.69, 9.17) is 14.2 Å². The van der Waals surface area contributed by atoms with E-state index < -0.39 is 0 Å². The summed E-state index contributed by atoms with van der Waals surface area (Å²) < 4.78 is 16.1. The molecular formula is C13H28IN3O3. The van der Waals surface area contributed by atoms with E-state index in [1.807, 2.05) is 0 Å². The Bertz CT molecular complexity index is 249. The highest BCUT2D eigenvalue weighted by molar-refractivity contribution is 14.0. The second kappa shape index (κ2) is 13.8. The Labute approximate surface area is 139 Å². The number of halogens is 1. The van der Waals surface area contributed by atoms with Gasteiger partial charge in [-0.25, -0.2) is 0 Å². The zero-order valence-corrected chi connectivity index (χ0v) is 14.9. The summed E-state index contributed by atoms with van der Waals surface area (Å²) in [5.41, 5.74) is 0. The van der Waals surface area contributed by atoms with Crippen LogP contribution < -0.4 is 10.6 Å². The van der Waals surface area contributed by atoms with Gasteiger partial charge in [-0.05, 0) is 19.3 Å². The van der Waals surface area contributed by atoms with Gasteiger partial charge in [-0.15, -0.1) is 24.0 Å². The second-order valence-corrected chi connectivity index (χ2v) is 4.45. The van der Waals surface area contributed by atoms with Gasteiger partial charge in [0.2, 0.25) is 0 Å². The Kier molecular flexibility index (Phi) is 13.8. The molecule has 1 aliphatic heterocycles. The molecule has 0 aromatic rings. The van der Waals surface area contributed by atoms with Crippen LogP contribution in [0, 0.1) is 0 Å². The molecule has 1 fully saturated rings. The largest absolute Gasteiger partial charge is 0.383 e. The van der Waals surface area contributed by atoms with Gasteiger partial charge in [0.25, 0.3) is 0 Å². The number of nitrogens with one attached hydrogen (secondary N) is 2. The fourth-order valence-corrected chi connectivity index (χ4v) is 1.86. The summed E-state index contributed by atoms with van der Waals surface area (Å²) in [6, 6.07) is 0. The summed E-state index contributed by atoms with van der Waals surface area (Å²) in [5, 5.41) is 6.41. The molecule has 0 aromatic heterocycles. The fourth-order valence-electron chi connectivity index (χ4n) is 1.86. The Hall–Kier alpha value is -0.120. The molecule has 6 nitrogen and oxygen atoms in total. The van der Waals surface area contributed by atoms with Crippen molar-refractivity contribution in [2.75, 3.05) is 53.7 Å². The fraction of sp³-hybridized carbons (Fsp3) is 0.923. The molecule has 0 aromatic carbocycles. The van der Waals surface area contributed by atoms with Gasteiger partial charge in [-0.3, -0.25) is 4.99 Å². The van der Waals surface area contributed by atoms with Crippen LogP contribution in [0.3, 0.4) is 0 Å². The Morgan fingerprint density at radius 3 is 2.55 bits per heavy atom. The third kappa shape index (κ3) is 9.73. The average Bonchev–Trinajstić information content (AvgIpc) is 2.46. The van der Waals surface area contributed by atoms with Gasteiger partial charge in [-0.2, -0.15) is 0 Å². The molecule has 120 valence electrons. The molecule has 0 aliphatic carbocycles. The standard InChI is InChI=1S/C13H27N3O3.HI/c1-14-13(16-7-11-17-2)15-6-3-8-19-12-4-9-18-10-5-12;/h12H,3-11H2,1-2H3,(H2,14,15,16);1H. The Balaban J connectivity index is 0.00000361. The monoisotopic (exact) mass is 401 g/mol. The van der Waals surface area contributed by atoms with Gasteiger partial charge >= 0.3 is 0 Å². The first-order valence-electron chi connectivity index (χ1n) is 6.99. The summed E-state index contributed by atoms with van der Waals surface area (Å²) in [6.07, 6.45) is 3.40. The maximum absolute atomic E-state index is 5.80. The minimum absolute atomic E-state index is 0. The van der Waals surface area contributed by atoms with Gasteiger partial charge in [0.1, 0.15) is 0 Å². The molecule has 1 rings (SSSR count). The normalized spacial score (nSPS) is 16.6. The molecule has 1 saturated heterocycles. The van der Waals surface area contributed by atoms with Crippen molar-refractivity contribution >= 4 is 29.9 Å². The van der Waals surface area contributed by atoms with Gasteiger partial charge in [-0.1, -0.05) is 0 Å². The van der Waals surface area contributed by atoms with Gasteiger partial charge < -0.3 is 24.8 Å². The highest BCUT2D eigenvalue weighted by Gasteiger charge is 2.13. The highest BCUT2D eigenvalue weighted by Crippen LogP contribution is 2.10. The summed E-state index contributed by atoms with van der Waals surface area (Å²) in [7, 11) is 3.45. The SMILES string of the molecule is CN=C(NCCCOC1CCOCC1)NCCOC.I. The van der Waals surface area contributed by atoms with Crippen molar-refractivity contribution in [2.45, 2.75) is 25.4 Å². The number of aliphatic imine (C=N–C) groups is 1. The van der Waals surface area contributed by atoms with Crippen molar-refractivity contribution in [1.82, 2.24) is 10.6 Å². The number of ether oxygens (including phenoxy) is 3. The number of nitrogens with zero attached hydrogens (tertiary/aromatic N) is 1. The molecule has 0 atom stereocenters. The van der Waals surface area contributed by atoms with Crippen LogP contribution in [-0.2, 0) is 14.2 Å². The number of guanidine groups is 1. The predicted octanol–water partition coefficient (Wildman–Crippen LogP) is 1.00. The number of hydrogen-bond donors (Lipinski definition) is 2. The molecule has 0 saturated carbocycles. The number of methoxy groups -OCH3 is 1. The van der Waals surface area contributed by atoms with E-state index in [-0.39, 0.29) is 24.0 Å². The van der Waals surface area contributed by atoms with Gasteiger partial charge in [0.15, 0.2) is 5.96 Å². The maximum atomic E-state index is 5.80. The lowest BCUT2D eigenvalue weighted by Gasteiger charge is -2.22. The van der Waals surface area contributed by atoms with Crippen LogP contribution in [0.5, 0.6) is 0 Å². The lowest BCUT2D eigenvalue weighted by Crippen LogP contribution is -2.39. The molecule has 0 unspecified atom stereocenters. The average molecular weight is 401 g/mol. The molecule has 7 heteroatoms. The number of hydrogen-bond acceptors (Lipinski definition) is 4. The molecule has 2 N–H and O–H groups in total. The van der Waals surface area contributed by atoms with E-state index in [0.29, 0.717) is 12.7 Å². The van der Waals surface area contributed by atoms with Crippen molar-refractivity contribution in [1.29, 1.82) is 0 Å². The minimum Gasteiger partial charge on any atom is -0.383 e. The van der Waals surface area contributed by atoms with Gasteiger partial charge in [0.05, 0.1) is 12.7 Å². The quantitative estimate of drug-likeness (QED) is 0.275. The van der Waals surface area contributed by atoms with Crippen LogP contribution in [-0.4, -0.2) is 65.7 Å². The first-order valence-corrected chi connectivity index (χ1v) is 6.99. The molecular weight excluding hydrogens is 373 g/mol. The van der Waals surface area contributed by atoms with Crippen LogP contribution in [0.2, 0.25) is 0 Å². The van der Waals surface area contributed by atoms with Crippen molar-refractivity contribution in [2.24, 2.45) is 4.99 Å². The predicted molar refractivity (Wildman–Crippen MR) is 91.1 cm³/mol.